The Morgan fingerprint density at radius 1 is 1.27 bits per heavy atom. The number of rotatable bonds is 7. The number of thiazole rings is 1. The van der Waals surface area contributed by atoms with Crippen molar-refractivity contribution in [3.63, 3.8) is 0 Å². The fraction of sp³-hybridized carbons (Fsp3) is 0.368. The van der Waals surface area contributed by atoms with E-state index in [-0.39, 0.29) is 18.4 Å². The quantitative estimate of drug-likeness (QED) is 0.693. The average molecular weight is 369 g/mol. The van der Waals surface area contributed by atoms with E-state index in [1.807, 2.05) is 42.8 Å². The number of nitrogens with zero attached hydrogens (tertiary/aromatic N) is 4. The van der Waals surface area contributed by atoms with E-state index in [0.717, 1.165) is 28.5 Å². The molecule has 0 saturated carbocycles. The molecule has 0 bridgehead atoms. The van der Waals surface area contributed by atoms with Crippen LogP contribution in [0.5, 0.6) is 0 Å². The molecule has 2 heterocycles. The molecule has 26 heavy (non-hydrogen) atoms. The van der Waals surface area contributed by atoms with Crippen LogP contribution in [0, 0.1) is 5.92 Å². The number of aromatic nitrogens is 4. The molecule has 1 N–H and O–H groups in total. The number of benzene rings is 1. The average Bonchev–Trinajstić information content (AvgIpc) is 3.23. The molecule has 3 aromatic rings. The Morgan fingerprint density at radius 2 is 2.04 bits per heavy atom. The Balaban J connectivity index is 1.67. The molecule has 6 nitrogen and oxygen atoms in total. The van der Waals surface area contributed by atoms with Gasteiger partial charge in [0.05, 0.1) is 18.2 Å². The van der Waals surface area contributed by atoms with Crippen LogP contribution in [0.25, 0.3) is 10.6 Å². The van der Waals surface area contributed by atoms with Gasteiger partial charge >= 0.3 is 0 Å². The Hall–Kier alpha value is -2.54. The molecule has 7 heteroatoms. The first-order valence-electron chi connectivity index (χ1n) is 8.66. The standard InChI is InChI=1S/C19H23N5OS/c1-13(2)9-16(18-20-12-21-24(18)3)23-17(25)10-15-11-26-19(22-15)14-7-5-4-6-8-14/h4-8,11-13,16H,9-10H2,1-3H3,(H,23,25). The molecule has 3 rings (SSSR count). The summed E-state index contributed by atoms with van der Waals surface area (Å²) in [4.78, 5) is 21.4. The van der Waals surface area contributed by atoms with E-state index in [0.29, 0.717) is 5.92 Å². The van der Waals surface area contributed by atoms with Crippen LogP contribution in [0.3, 0.4) is 0 Å². The minimum atomic E-state index is -0.151. The van der Waals surface area contributed by atoms with Crippen LogP contribution in [-0.2, 0) is 18.3 Å². The monoisotopic (exact) mass is 369 g/mol. The van der Waals surface area contributed by atoms with E-state index in [9.17, 15) is 4.79 Å². The van der Waals surface area contributed by atoms with Crippen LogP contribution >= 0.6 is 11.3 Å². The number of nitrogens with one attached hydrogen (secondary N) is 1. The Labute approximate surface area is 157 Å². The van der Waals surface area contributed by atoms with Crippen molar-refractivity contribution >= 4 is 17.2 Å². The number of hydrogen-bond acceptors (Lipinski definition) is 5. The van der Waals surface area contributed by atoms with Crippen molar-refractivity contribution in [3.05, 3.63) is 53.6 Å². The highest BCUT2D eigenvalue weighted by molar-refractivity contribution is 7.13. The van der Waals surface area contributed by atoms with E-state index in [1.54, 1.807) is 16.0 Å². The molecule has 0 aliphatic heterocycles. The molecule has 0 saturated heterocycles. The minimum absolute atomic E-state index is 0.0523. The maximum absolute atomic E-state index is 12.6. The summed E-state index contributed by atoms with van der Waals surface area (Å²) in [5.41, 5.74) is 1.86. The van der Waals surface area contributed by atoms with Gasteiger partial charge in [-0.25, -0.2) is 9.97 Å². The lowest BCUT2D eigenvalue weighted by atomic mass is 10.0. The Bertz CT molecular complexity index is 856. The summed E-state index contributed by atoms with van der Waals surface area (Å²) in [5, 5.41) is 10.1. The zero-order valence-electron chi connectivity index (χ0n) is 15.2. The molecule has 1 aromatic carbocycles. The topological polar surface area (TPSA) is 72.7 Å². The lowest BCUT2D eigenvalue weighted by molar-refractivity contribution is -0.121. The highest BCUT2D eigenvalue weighted by Gasteiger charge is 2.21. The summed E-state index contributed by atoms with van der Waals surface area (Å²) >= 11 is 1.56. The Morgan fingerprint density at radius 3 is 2.69 bits per heavy atom. The fourth-order valence-corrected chi connectivity index (χ4v) is 3.66. The first kappa shape index (κ1) is 18.3. The number of hydrogen-bond donors (Lipinski definition) is 1. The van der Waals surface area contributed by atoms with Gasteiger partial charge in [-0.15, -0.1) is 11.3 Å². The first-order chi connectivity index (χ1) is 12.5. The maximum Gasteiger partial charge on any atom is 0.226 e. The summed E-state index contributed by atoms with van der Waals surface area (Å²) in [7, 11) is 1.84. The number of amides is 1. The van der Waals surface area contributed by atoms with Gasteiger partial charge in [0.2, 0.25) is 5.91 Å². The van der Waals surface area contributed by atoms with Crippen LogP contribution in [-0.4, -0.2) is 25.7 Å². The van der Waals surface area contributed by atoms with E-state index in [2.05, 4.69) is 34.2 Å². The highest BCUT2D eigenvalue weighted by Crippen LogP contribution is 2.24. The molecular formula is C19H23N5OS. The van der Waals surface area contributed by atoms with Gasteiger partial charge in [0.1, 0.15) is 17.2 Å². The number of aryl methyl sites for hydroxylation is 1. The largest absolute Gasteiger partial charge is 0.346 e. The number of carbonyl (C=O) groups excluding carboxylic acids is 1. The van der Waals surface area contributed by atoms with Gasteiger partial charge in [-0.2, -0.15) is 5.10 Å². The third-order valence-electron chi connectivity index (χ3n) is 4.01. The van der Waals surface area contributed by atoms with Gasteiger partial charge in [-0.05, 0) is 12.3 Å². The molecule has 136 valence electrons. The molecular weight excluding hydrogens is 346 g/mol. The third-order valence-corrected chi connectivity index (χ3v) is 4.95. The lowest BCUT2D eigenvalue weighted by Gasteiger charge is -2.19. The van der Waals surface area contributed by atoms with Crippen molar-refractivity contribution in [1.82, 2.24) is 25.1 Å². The summed E-state index contributed by atoms with van der Waals surface area (Å²) in [6.07, 6.45) is 2.59. The van der Waals surface area contributed by atoms with Gasteiger partial charge in [0, 0.05) is 18.0 Å². The summed E-state index contributed by atoms with van der Waals surface area (Å²) in [6, 6.07) is 9.85. The predicted octanol–water partition coefficient (Wildman–Crippen LogP) is 3.38. The van der Waals surface area contributed by atoms with Gasteiger partial charge in [-0.3, -0.25) is 9.48 Å². The molecule has 0 radical (unpaired) electrons. The van der Waals surface area contributed by atoms with Crippen LogP contribution in [0.1, 0.15) is 37.8 Å². The van der Waals surface area contributed by atoms with E-state index in [1.165, 1.54) is 6.33 Å². The van der Waals surface area contributed by atoms with Crippen molar-refractivity contribution in [2.75, 3.05) is 0 Å². The smallest absolute Gasteiger partial charge is 0.226 e. The zero-order valence-corrected chi connectivity index (χ0v) is 16.0. The summed E-state index contributed by atoms with van der Waals surface area (Å²) < 4.78 is 1.71. The van der Waals surface area contributed by atoms with Gasteiger partial charge in [0.15, 0.2) is 0 Å². The van der Waals surface area contributed by atoms with Crippen molar-refractivity contribution in [3.8, 4) is 10.6 Å². The molecule has 0 aliphatic carbocycles. The predicted molar refractivity (Wildman–Crippen MR) is 103 cm³/mol. The SMILES string of the molecule is CC(C)CC(NC(=O)Cc1csc(-c2ccccc2)n1)c1ncnn1C. The molecule has 2 aromatic heterocycles. The van der Waals surface area contributed by atoms with Crippen LogP contribution in [0.4, 0.5) is 0 Å². The molecule has 1 atom stereocenters. The minimum Gasteiger partial charge on any atom is -0.346 e. The normalized spacial score (nSPS) is 12.3. The summed E-state index contributed by atoms with van der Waals surface area (Å²) in [5.74, 6) is 1.15. The van der Waals surface area contributed by atoms with Crippen LogP contribution in [0.2, 0.25) is 0 Å². The van der Waals surface area contributed by atoms with Crippen molar-refractivity contribution in [2.45, 2.75) is 32.7 Å². The van der Waals surface area contributed by atoms with Gasteiger partial charge in [-0.1, -0.05) is 44.2 Å². The van der Waals surface area contributed by atoms with E-state index in [4.69, 9.17) is 0 Å². The van der Waals surface area contributed by atoms with Crippen LogP contribution < -0.4 is 5.32 Å². The molecule has 0 aliphatic rings. The molecule has 0 fully saturated rings. The molecule has 1 amide bonds. The van der Waals surface area contributed by atoms with E-state index >= 15 is 0 Å². The molecule has 0 spiro atoms. The Kier molecular flexibility index (Phi) is 5.78. The zero-order chi connectivity index (χ0) is 18.5. The fourth-order valence-electron chi connectivity index (χ4n) is 2.83. The third kappa shape index (κ3) is 4.54. The van der Waals surface area contributed by atoms with E-state index < -0.39 is 0 Å². The second-order valence-corrected chi connectivity index (χ2v) is 7.54. The van der Waals surface area contributed by atoms with Crippen LogP contribution in [0.15, 0.2) is 42.0 Å². The lowest BCUT2D eigenvalue weighted by Crippen LogP contribution is -2.32. The first-order valence-corrected chi connectivity index (χ1v) is 9.54. The number of carbonyl (C=O) groups is 1. The van der Waals surface area contributed by atoms with Gasteiger partial charge in [0.25, 0.3) is 0 Å². The molecule has 1 unspecified atom stereocenters. The maximum atomic E-state index is 12.6. The van der Waals surface area contributed by atoms with Crippen molar-refractivity contribution in [1.29, 1.82) is 0 Å². The van der Waals surface area contributed by atoms with Gasteiger partial charge < -0.3 is 5.32 Å². The highest BCUT2D eigenvalue weighted by atomic mass is 32.1. The summed E-state index contributed by atoms with van der Waals surface area (Å²) in [6.45, 7) is 4.25. The van der Waals surface area contributed by atoms with Crippen molar-refractivity contribution in [2.24, 2.45) is 13.0 Å². The second-order valence-electron chi connectivity index (χ2n) is 6.68. The second kappa shape index (κ2) is 8.23. The van der Waals surface area contributed by atoms with Crippen molar-refractivity contribution < 1.29 is 4.79 Å².